The van der Waals surface area contributed by atoms with Gasteiger partial charge >= 0.3 is 7.12 Å². The Morgan fingerprint density at radius 2 is 2.12 bits per heavy atom. The van der Waals surface area contributed by atoms with Crippen molar-refractivity contribution in [3.8, 4) is 0 Å². The predicted octanol–water partition coefficient (Wildman–Crippen LogP) is -0.324. The molecule has 0 saturated heterocycles. The first kappa shape index (κ1) is 12.0. The van der Waals surface area contributed by atoms with E-state index in [0.717, 1.165) is 23.9 Å². The molecule has 0 amide bonds. The van der Waals surface area contributed by atoms with E-state index in [1.807, 2.05) is 25.2 Å². The van der Waals surface area contributed by atoms with Crippen molar-refractivity contribution in [3.05, 3.63) is 36.0 Å². The first-order valence-electron chi connectivity index (χ1n) is 5.60. The zero-order valence-electron chi connectivity index (χ0n) is 9.72. The molecule has 0 atom stereocenters. The van der Waals surface area contributed by atoms with E-state index in [1.54, 1.807) is 6.07 Å². The van der Waals surface area contributed by atoms with E-state index in [4.69, 9.17) is 10.0 Å². The highest BCUT2D eigenvalue weighted by atomic mass is 16.4. The van der Waals surface area contributed by atoms with Crippen molar-refractivity contribution in [2.24, 2.45) is 0 Å². The fourth-order valence-electron chi connectivity index (χ4n) is 1.76. The van der Waals surface area contributed by atoms with Crippen LogP contribution in [0.1, 0.15) is 5.56 Å². The quantitative estimate of drug-likeness (QED) is 0.629. The lowest BCUT2D eigenvalue weighted by Gasteiger charge is -2.05. The number of aromatic nitrogens is 1. The molecular formula is C12H15BN2O2. The summed E-state index contributed by atoms with van der Waals surface area (Å²) in [5.74, 6) is 0. The van der Waals surface area contributed by atoms with Crippen molar-refractivity contribution in [3.63, 3.8) is 0 Å². The first-order valence-corrected chi connectivity index (χ1v) is 5.60. The Balaban J connectivity index is 2.36. The fourth-order valence-corrected chi connectivity index (χ4v) is 1.76. The minimum Gasteiger partial charge on any atom is -0.423 e. The summed E-state index contributed by atoms with van der Waals surface area (Å²) in [6, 6.07) is 7.79. The van der Waals surface area contributed by atoms with Crippen LogP contribution >= 0.6 is 0 Å². The number of likely N-dealkylation sites (N-methyl/N-ethyl adjacent to an activating group) is 1. The molecule has 0 fully saturated rings. The average Bonchev–Trinajstić information content (AvgIpc) is 2.35. The number of fused-ring (bicyclic) bond motifs is 1. The standard InChI is InChI=1S/C12H15BN2O2/c1-14-5-4-9-2-3-12-10(6-9)7-11(8-15-12)13(16)17/h2-3,6-8,14,16-17H,4-5H2,1H3. The van der Waals surface area contributed by atoms with Crippen LogP contribution in [-0.4, -0.2) is 35.7 Å². The minimum absolute atomic E-state index is 0.420. The number of nitrogens with one attached hydrogen (secondary N) is 1. The smallest absolute Gasteiger partial charge is 0.423 e. The molecule has 0 aliphatic rings. The SMILES string of the molecule is CNCCc1ccc2ncc(B(O)O)cc2c1. The molecule has 88 valence electrons. The normalized spacial score (nSPS) is 10.8. The second kappa shape index (κ2) is 5.27. The van der Waals surface area contributed by atoms with Crippen LogP contribution in [0.15, 0.2) is 30.5 Å². The maximum Gasteiger partial charge on any atom is 0.490 e. The van der Waals surface area contributed by atoms with Crippen LogP contribution < -0.4 is 10.8 Å². The lowest BCUT2D eigenvalue weighted by atomic mass is 9.81. The predicted molar refractivity (Wildman–Crippen MR) is 69.2 cm³/mol. The monoisotopic (exact) mass is 230 g/mol. The largest absolute Gasteiger partial charge is 0.490 e. The van der Waals surface area contributed by atoms with Crippen LogP contribution in [0.3, 0.4) is 0 Å². The van der Waals surface area contributed by atoms with Gasteiger partial charge in [0, 0.05) is 17.0 Å². The zero-order chi connectivity index (χ0) is 12.3. The summed E-state index contributed by atoms with van der Waals surface area (Å²) in [5.41, 5.74) is 2.49. The van der Waals surface area contributed by atoms with Gasteiger partial charge in [-0.1, -0.05) is 12.1 Å². The lowest BCUT2D eigenvalue weighted by molar-refractivity contribution is 0.425. The first-order chi connectivity index (χ1) is 8.20. The number of nitrogens with zero attached hydrogens (tertiary/aromatic N) is 1. The number of hydrogen-bond donors (Lipinski definition) is 3. The molecule has 0 aliphatic heterocycles. The Bertz CT molecular complexity index is 517. The van der Waals surface area contributed by atoms with Crippen LogP contribution in [0.5, 0.6) is 0 Å². The van der Waals surface area contributed by atoms with Gasteiger partial charge in [0.2, 0.25) is 0 Å². The van der Waals surface area contributed by atoms with Crippen molar-refractivity contribution in [2.75, 3.05) is 13.6 Å². The van der Waals surface area contributed by atoms with Gasteiger partial charge in [0.1, 0.15) is 0 Å². The van der Waals surface area contributed by atoms with E-state index in [-0.39, 0.29) is 0 Å². The van der Waals surface area contributed by atoms with Crippen LogP contribution in [0.2, 0.25) is 0 Å². The molecule has 17 heavy (non-hydrogen) atoms. The second-order valence-electron chi connectivity index (χ2n) is 4.02. The Morgan fingerprint density at radius 3 is 2.82 bits per heavy atom. The van der Waals surface area contributed by atoms with E-state index in [9.17, 15) is 0 Å². The lowest BCUT2D eigenvalue weighted by Crippen LogP contribution is -2.29. The van der Waals surface area contributed by atoms with Crippen molar-refractivity contribution < 1.29 is 10.0 Å². The van der Waals surface area contributed by atoms with Gasteiger partial charge in [0.25, 0.3) is 0 Å². The van der Waals surface area contributed by atoms with Gasteiger partial charge in [-0.15, -0.1) is 0 Å². The van der Waals surface area contributed by atoms with Crippen molar-refractivity contribution in [1.29, 1.82) is 0 Å². The molecule has 4 nitrogen and oxygen atoms in total. The third-order valence-corrected chi connectivity index (χ3v) is 2.73. The topological polar surface area (TPSA) is 65.4 Å². The van der Waals surface area contributed by atoms with E-state index >= 15 is 0 Å². The summed E-state index contributed by atoms with van der Waals surface area (Å²) in [7, 11) is 0.455. The second-order valence-corrected chi connectivity index (χ2v) is 4.02. The van der Waals surface area contributed by atoms with Gasteiger partial charge < -0.3 is 15.4 Å². The maximum atomic E-state index is 9.10. The average molecular weight is 230 g/mol. The molecule has 0 spiro atoms. The van der Waals surface area contributed by atoms with Gasteiger partial charge in [0.15, 0.2) is 0 Å². The Kier molecular flexibility index (Phi) is 3.73. The van der Waals surface area contributed by atoms with Crippen molar-refractivity contribution >= 4 is 23.5 Å². The van der Waals surface area contributed by atoms with Crippen molar-refractivity contribution in [2.45, 2.75) is 6.42 Å². The van der Waals surface area contributed by atoms with Crippen LogP contribution in [0.4, 0.5) is 0 Å². The highest BCUT2D eigenvalue weighted by Gasteiger charge is 2.11. The molecule has 0 aliphatic carbocycles. The van der Waals surface area contributed by atoms with Gasteiger partial charge in [-0.25, -0.2) is 0 Å². The number of benzene rings is 1. The summed E-state index contributed by atoms with van der Waals surface area (Å²) in [5, 5.41) is 22.2. The molecule has 1 heterocycles. The molecule has 1 aromatic heterocycles. The highest BCUT2D eigenvalue weighted by Crippen LogP contribution is 2.13. The van der Waals surface area contributed by atoms with Gasteiger partial charge in [-0.05, 0) is 37.7 Å². The molecule has 0 unspecified atom stereocenters. The third kappa shape index (κ3) is 2.82. The van der Waals surface area contributed by atoms with Gasteiger partial charge in [-0.3, -0.25) is 4.98 Å². The zero-order valence-corrected chi connectivity index (χ0v) is 9.72. The Hall–Kier alpha value is -1.43. The number of pyridine rings is 1. The van der Waals surface area contributed by atoms with E-state index in [0.29, 0.717) is 5.46 Å². The summed E-state index contributed by atoms with van der Waals surface area (Å²) in [6.45, 7) is 0.918. The molecule has 3 N–H and O–H groups in total. The molecular weight excluding hydrogens is 215 g/mol. The molecule has 0 saturated carbocycles. The molecule has 2 rings (SSSR count). The summed E-state index contributed by atoms with van der Waals surface area (Å²) in [4.78, 5) is 4.19. The fraction of sp³-hybridized carbons (Fsp3) is 0.250. The van der Waals surface area contributed by atoms with Crippen LogP contribution in [0, 0.1) is 0 Å². The molecule has 5 heteroatoms. The number of hydrogen-bond acceptors (Lipinski definition) is 4. The summed E-state index contributed by atoms with van der Waals surface area (Å²) in [6.07, 6.45) is 2.43. The van der Waals surface area contributed by atoms with E-state index < -0.39 is 7.12 Å². The molecule has 2 aromatic rings. The summed E-state index contributed by atoms with van der Waals surface area (Å²) >= 11 is 0. The summed E-state index contributed by atoms with van der Waals surface area (Å²) < 4.78 is 0. The van der Waals surface area contributed by atoms with E-state index in [2.05, 4.69) is 10.3 Å². The van der Waals surface area contributed by atoms with Crippen LogP contribution in [0.25, 0.3) is 10.9 Å². The van der Waals surface area contributed by atoms with Gasteiger partial charge in [0.05, 0.1) is 5.52 Å². The molecule has 0 radical (unpaired) electrons. The third-order valence-electron chi connectivity index (χ3n) is 2.73. The van der Waals surface area contributed by atoms with Gasteiger partial charge in [-0.2, -0.15) is 0 Å². The minimum atomic E-state index is -1.46. The molecule has 1 aromatic carbocycles. The highest BCUT2D eigenvalue weighted by molar-refractivity contribution is 6.58. The Morgan fingerprint density at radius 1 is 1.29 bits per heavy atom. The van der Waals surface area contributed by atoms with Crippen molar-refractivity contribution in [1.82, 2.24) is 10.3 Å². The van der Waals surface area contributed by atoms with Crippen LogP contribution in [-0.2, 0) is 6.42 Å². The maximum absolute atomic E-state index is 9.10. The number of rotatable bonds is 4. The Labute approximate surface area is 100 Å². The van der Waals surface area contributed by atoms with E-state index in [1.165, 1.54) is 11.8 Å². The molecule has 0 bridgehead atoms.